The van der Waals surface area contributed by atoms with Crippen LogP contribution in [0, 0.1) is 6.92 Å². The summed E-state index contributed by atoms with van der Waals surface area (Å²) < 4.78 is 0. The molecule has 0 bridgehead atoms. The Hall–Kier alpha value is -1.71. The highest BCUT2D eigenvalue weighted by molar-refractivity contribution is 5.23. The van der Waals surface area contributed by atoms with E-state index in [4.69, 9.17) is 0 Å². The Labute approximate surface area is 127 Å². The van der Waals surface area contributed by atoms with Crippen LogP contribution < -0.4 is 0 Å². The van der Waals surface area contributed by atoms with Crippen LogP contribution in [-0.4, -0.2) is 28.1 Å². The molecule has 0 amide bonds. The summed E-state index contributed by atoms with van der Waals surface area (Å²) in [5, 5.41) is 10.3. The van der Waals surface area contributed by atoms with Gasteiger partial charge in [0, 0.05) is 19.3 Å². The summed E-state index contributed by atoms with van der Waals surface area (Å²) in [6, 6.07) is 14.1. The zero-order valence-electron chi connectivity index (χ0n) is 12.9. The topological polar surface area (TPSA) is 36.4 Å². The summed E-state index contributed by atoms with van der Waals surface area (Å²) in [4.78, 5) is 6.67. The molecule has 0 aliphatic heterocycles. The zero-order chi connectivity index (χ0) is 15.1. The van der Waals surface area contributed by atoms with Crippen LogP contribution in [0.4, 0.5) is 0 Å². The third-order valence-electron chi connectivity index (χ3n) is 3.70. The lowest BCUT2D eigenvalue weighted by Crippen LogP contribution is -2.25. The van der Waals surface area contributed by atoms with Gasteiger partial charge in [-0.25, -0.2) is 0 Å². The van der Waals surface area contributed by atoms with Crippen molar-refractivity contribution < 1.29 is 5.11 Å². The van der Waals surface area contributed by atoms with Gasteiger partial charge >= 0.3 is 0 Å². The highest BCUT2D eigenvalue weighted by atomic mass is 16.3. The van der Waals surface area contributed by atoms with Crippen LogP contribution in [0.25, 0.3) is 0 Å². The van der Waals surface area contributed by atoms with Crippen LogP contribution in [0.15, 0.2) is 48.7 Å². The third kappa shape index (κ3) is 4.96. The Balaban J connectivity index is 1.88. The van der Waals surface area contributed by atoms with Gasteiger partial charge in [-0.15, -0.1) is 0 Å². The Kier molecular flexibility index (Phi) is 5.90. The smallest absolute Gasteiger partial charge is 0.0802 e. The van der Waals surface area contributed by atoms with Crippen molar-refractivity contribution in [3.05, 3.63) is 65.5 Å². The molecule has 112 valence electrons. The molecule has 1 aromatic carbocycles. The summed E-state index contributed by atoms with van der Waals surface area (Å²) in [7, 11) is 0. The van der Waals surface area contributed by atoms with Gasteiger partial charge in [-0.1, -0.05) is 42.8 Å². The Morgan fingerprint density at radius 2 is 2.05 bits per heavy atom. The molecule has 0 aliphatic rings. The summed E-state index contributed by atoms with van der Waals surface area (Å²) in [6.07, 6.45) is 2.16. The van der Waals surface area contributed by atoms with Crippen molar-refractivity contribution in [2.45, 2.75) is 32.9 Å². The normalized spacial score (nSPS) is 12.6. The molecule has 2 rings (SSSR count). The van der Waals surface area contributed by atoms with E-state index in [0.29, 0.717) is 0 Å². The minimum atomic E-state index is -0.400. The lowest BCUT2D eigenvalue weighted by molar-refractivity contribution is 0.141. The Morgan fingerprint density at radius 3 is 2.71 bits per heavy atom. The van der Waals surface area contributed by atoms with E-state index in [9.17, 15) is 5.11 Å². The van der Waals surface area contributed by atoms with Crippen LogP contribution in [-0.2, 0) is 6.54 Å². The number of hydrogen-bond donors (Lipinski definition) is 1. The third-order valence-corrected chi connectivity index (χ3v) is 3.70. The standard InChI is InChI=1S/C18H24N2O/c1-3-20(14-17-9-4-5-11-19-17)12-10-18(21)16-8-6-7-15(2)13-16/h4-9,11,13,18,21H,3,10,12,14H2,1-2H3. The highest BCUT2D eigenvalue weighted by Crippen LogP contribution is 2.18. The number of nitrogens with zero attached hydrogens (tertiary/aromatic N) is 2. The minimum Gasteiger partial charge on any atom is -0.388 e. The molecule has 0 radical (unpaired) electrons. The first-order valence-corrected chi connectivity index (χ1v) is 7.56. The fraction of sp³-hybridized carbons (Fsp3) is 0.389. The average Bonchev–Trinajstić information content (AvgIpc) is 2.52. The van der Waals surface area contributed by atoms with E-state index >= 15 is 0 Å². The summed E-state index contributed by atoms with van der Waals surface area (Å²) in [6.45, 7) is 6.84. The van der Waals surface area contributed by atoms with Gasteiger partial charge in [0.1, 0.15) is 0 Å². The largest absolute Gasteiger partial charge is 0.388 e. The van der Waals surface area contributed by atoms with Gasteiger partial charge in [0.2, 0.25) is 0 Å². The van der Waals surface area contributed by atoms with Crippen molar-refractivity contribution in [3.8, 4) is 0 Å². The molecular weight excluding hydrogens is 260 g/mol. The van der Waals surface area contributed by atoms with E-state index in [1.807, 2.05) is 36.5 Å². The quantitative estimate of drug-likeness (QED) is 0.847. The summed E-state index contributed by atoms with van der Waals surface area (Å²) in [5.74, 6) is 0. The molecular formula is C18H24N2O. The predicted octanol–water partition coefficient (Wildman–Crippen LogP) is 3.34. The number of rotatable bonds is 7. The first-order chi connectivity index (χ1) is 10.2. The van der Waals surface area contributed by atoms with Crippen LogP contribution in [0.3, 0.4) is 0 Å². The number of aromatic nitrogens is 1. The number of aliphatic hydroxyl groups is 1. The SMILES string of the molecule is CCN(CCC(O)c1cccc(C)c1)Cc1ccccn1. The number of benzene rings is 1. The molecule has 1 heterocycles. The molecule has 1 N–H and O–H groups in total. The van der Waals surface area contributed by atoms with E-state index < -0.39 is 6.10 Å². The number of aryl methyl sites for hydroxylation is 1. The van der Waals surface area contributed by atoms with E-state index in [-0.39, 0.29) is 0 Å². The van der Waals surface area contributed by atoms with Gasteiger partial charge in [0.05, 0.1) is 11.8 Å². The number of aliphatic hydroxyl groups excluding tert-OH is 1. The molecule has 0 aliphatic carbocycles. The van der Waals surface area contributed by atoms with E-state index in [0.717, 1.165) is 37.3 Å². The zero-order valence-corrected chi connectivity index (χ0v) is 12.9. The molecule has 0 fully saturated rings. The first kappa shape index (κ1) is 15.7. The maximum absolute atomic E-state index is 10.3. The molecule has 0 saturated heterocycles. The lowest BCUT2D eigenvalue weighted by Gasteiger charge is -2.22. The number of hydrogen-bond acceptors (Lipinski definition) is 3. The van der Waals surface area contributed by atoms with Gasteiger partial charge in [0.25, 0.3) is 0 Å². The molecule has 0 spiro atoms. The summed E-state index contributed by atoms with van der Waals surface area (Å²) >= 11 is 0. The molecule has 3 nitrogen and oxygen atoms in total. The fourth-order valence-electron chi connectivity index (χ4n) is 2.42. The van der Waals surface area contributed by atoms with Crippen LogP contribution in [0.1, 0.15) is 36.3 Å². The van der Waals surface area contributed by atoms with Crippen molar-refractivity contribution >= 4 is 0 Å². The second kappa shape index (κ2) is 7.91. The van der Waals surface area contributed by atoms with Crippen molar-refractivity contribution in [1.29, 1.82) is 0 Å². The highest BCUT2D eigenvalue weighted by Gasteiger charge is 2.11. The van der Waals surface area contributed by atoms with Gasteiger partial charge < -0.3 is 5.11 Å². The van der Waals surface area contributed by atoms with Crippen LogP contribution in [0.5, 0.6) is 0 Å². The molecule has 1 aromatic heterocycles. The fourth-order valence-corrected chi connectivity index (χ4v) is 2.42. The van der Waals surface area contributed by atoms with Gasteiger partial charge in [-0.3, -0.25) is 9.88 Å². The maximum atomic E-state index is 10.3. The monoisotopic (exact) mass is 284 g/mol. The van der Waals surface area contributed by atoms with Crippen molar-refractivity contribution in [2.24, 2.45) is 0 Å². The minimum absolute atomic E-state index is 0.400. The molecule has 0 saturated carbocycles. The van der Waals surface area contributed by atoms with Crippen molar-refractivity contribution in [2.75, 3.05) is 13.1 Å². The van der Waals surface area contributed by atoms with Crippen molar-refractivity contribution in [1.82, 2.24) is 9.88 Å². The average molecular weight is 284 g/mol. The van der Waals surface area contributed by atoms with Gasteiger partial charge in [0.15, 0.2) is 0 Å². The van der Waals surface area contributed by atoms with E-state index in [2.05, 4.69) is 35.9 Å². The maximum Gasteiger partial charge on any atom is 0.0802 e. The summed E-state index contributed by atoms with van der Waals surface area (Å²) in [5.41, 5.74) is 3.26. The van der Waals surface area contributed by atoms with E-state index in [1.54, 1.807) is 0 Å². The first-order valence-electron chi connectivity index (χ1n) is 7.56. The van der Waals surface area contributed by atoms with Gasteiger partial charge in [-0.2, -0.15) is 0 Å². The van der Waals surface area contributed by atoms with Crippen molar-refractivity contribution in [3.63, 3.8) is 0 Å². The molecule has 2 aromatic rings. The molecule has 21 heavy (non-hydrogen) atoms. The van der Waals surface area contributed by atoms with E-state index in [1.165, 1.54) is 5.56 Å². The second-order valence-corrected chi connectivity index (χ2v) is 5.41. The Bertz CT molecular complexity index is 542. The van der Waals surface area contributed by atoms with Crippen LogP contribution >= 0.6 is 0 Å². The lowest BCUT2D eigenvalue weighted by atomic mass is 10.0. The second-order valence-electron chi connectivity index (χ2n) is 5.41. The molecule has 1 unspecified atom stereocenters. The predicted molar refractivity (Wildman–Crippen MR) is 85.9 cm³/mol. The van der Waals surface area contributed by atoms with Crippen LogP contribution in [0.2, 0.25) is 0 Å². The van der Waals surface area contributed by atoms with Gasteiger partial charge in [-0.05, 0) is 37.6 Å². The molecule has 3 heteroatoms. The number of pyridine rings is 1. The Morgan fingerprint density at radius 1 is 1.19 bits per heavy atom. The molecule has 1 atom stereocenters.